The molecule has 0 radical (unpaired) electrons. The van der Waals surface area contributed by atoms with Gasteiger partial charge in [-0.3, -0.25) is 0 Å². The molecule has 0 atom stereocenters. The molecule has 6 heteroatoms. The Morgan fingerprint density at radius 1 is 1.13 bits per heavy atom. The summed E-state index contributed by atoms with van der Waals surface area (Å²) in [6, 6.07) is 16.2. The molecule has 0 aliphatic rings. The number of allylic oxidation sites excluding steroid dienone is 1. The lowest BCUT2D eigenvalue weighted by Crippen LogP contribution is -2.18. The molecule has 0 bridgehead atoms. The number of hydrogen-bond donors (Lipinski definition) is 1. The number of rotatable bonds is 7. The van der Waals surface area contributed by atoms with Crippen molar-refractivity contribution in [1.82, 2.24) is 5.48 Å². The first-order valence-electron chi connectivity index (χ1n) is 7.20. The summed E-state index contributed by atoms with van der Waals surface area (Å²) in [5.74, 6) is 0. The van der Waals surface area contributed by atoms with Crippen molar-refractivity contribution in [2.24, 2.45) is 0 Å². The van der Waals surface area contributed by atoms with E-state index < -0.39 is 10.1 Å². The Bertz CT molecular complexity index is 754. The highest BCUT2D eigenvalue weighted by Gasteiger charge is 2.16. The number of benzene rings is 2. The van der Waals surface area contributed by atoms with Gasteiger partial charge in [0.2, 0.25) is 0 Å². The van der Waals surface area contributed by atoms with Crippen molar-refractivity contribution in [1.29, 1.82) is 0 Å². The summed E-state index contributed by atoms with van der Waals surface area (Å²) in [5.41, 5.74) is 3.55. The Morgan fingerprint density at radius 2 is 1.78 bits per heavy atom. The second-order valence-electron chi connectivity index (χ2n) is 4.84. The minimum atomic E-state index is -3.85. The molecule has 0 fully saturated rings. The largest absolute Gasteiger partial charge is 0.317 e. The summed E-state index contributed by atoms with van der Waals surface area (Å²) in [7, 11) is -3.85. The SMILES string of the molecule is CC/C=C(\NOS(=O)(=O)c1ccc(C)cc1)Sc1ccccc1. The Kier molecular flexibility index (Phi) is 6.27. The van der Waals surface area contributed by atoms with Crippen LogP contribution in [-0.4, -0.2) is 8.42 Å². The van der Waals surface area contributed by atoms with Crippen LogP contribution < -0.4 is 5.48 Å². The van der Waals surface area contributed by atoms with Gasteiger partial charge in [-0.1, -0.05) is 60.7 Å². The molecule has 1 N–H and O–H groups in total. The van der Waals surface area contributed by atoms with Crippen LogP contribution in [0.5, 0.6) is 0 Å². The molecular weight excluding hydrogens is 330 g/mol. The number of thioether (sulfide) groups is 1. The van der Waals surface area contributed by atoms with Crippen LogP contribution in [0.25, 0.3) is 0 Å². The van der Waals surface area contributed by atoms with E-state index in [2.05, 4.69) is 5.48 Å². The smallest absolute Gasteiger partial charge is 0.243 e. The van der Waals surface area contributed by atoms with Gasteiger partial charge in [0.25, 0.3) is 0 Å². The minimum absolute atomic E-state index is 0.121. The van der Waals surface area contributed by atoms with Crippen molar-refractivity contribution in [2.45, 2.75) is 30.1 Å². The summed E-state index contributed by atoms with van der Waals surface area (Å²) in [5, 5.41) is 0.634. The van der Waals surface area contributed by atoms with Gasteiger partial charge in [-0.2, -0.15) is 8.42 Å². The normalized spacial score (nSPS) is 12.2. The van der Waals surface area contributed by atoms with Crippen LogP contribution in [-0.2, 0) is 14.4 Å². The van der Waals surface area contributed by atoms with E-state index in [4.69, 9.17) is 4.28 Å². The molecule has 122 valence electrons. The van der Waals surface area contributed by atoms with E-state index in [0.717, 1.165) is 16.9 Å². The monoisotopic (exact) mass is 349 g/mol. The van der Waals surface area contributed by atoms with Crippen molar-refractivity contribution < 1.29 is 12.7 Å². The highest BCUT2D eigenvalue weighted by atomic mass is 32.2. The zero-order chi connectivity index (χ0) is 16.7. The Balaban J connectivity index is 2.06. The first-order chi connectivity index (χ1) is 11.0. The first-order valence-corrected chi connectivity index (χ1v) is 9.43. The number of aryl methyl sites for hydroxylation is 1. The van der Waals surface area contributed by atoms with E-state index in [1.54, 1.807) is 12.1 Å². The molecule has 0 aliphatic heterocycles. The molecule has 0 unspecified atom stereocenters. The molecule has 2 aromatic carbocycles. The quantitative estimate of drug-likeness (QED) is 0.598. The zero-order valence-corrected chi connectivity index (χ0v) is 14.7. The molecule has 0 heterocycles. The molecule has 0 saturated heterocycles. The molecule has 0 aromatic heterocycles. The van der Waals surface area contributed by atoms with Gasteiger partial charge in [-0.25, -0.2) is 5.48 Å². The predicted octanol–water partition coefficient (Wildman–Crippen LogP) is 4.25. The van der Waals surface area contributed by atoms with Crippen LogP contribution >= 0.6 is 11.8 Å². The van der Waals surface area contributed by atoms with E-state index in [0.29, 0.717) is 5.03 Å². The van der Waals surface area contributed by atoms with Crippen molar-refractivity contribution in [2.75, 3.05) is 0 Å². The fourth-order valence-corrected chi connectivity index (χ4v) is 3.45. The van der Waals surface area contributed by atoms with Gasteiger partial charge in [0, 0.05) is 4.90 Å². The van der Waals surface area contributed by atoms with Gasteiger partial charge in [0.05, 0.1) is 9.92 Å². The second-order valence-corrected chi connectivity index (χ2v) is 7.51. The molecule has 4 nitrogen and oxygen atoms in total. The van der Waals surface area contributed by atoms with Crippen molar-refractivity contribution >= 4 is 21.9 Å². The predicted molar refractivity (Wildman–Crippen MR) is 93.3 cm³/mol. The number of hydroxylamine groups is 1. The van der Waals surface area contributed by atoms with Crippen molar-refractivity contribution in [3.05, 3.63) is 71.3 Å². The highest BCUT2D eigenvalue weighted by Crippen LogP contribution is 2.25. The van der Waals surface area contributed by atoms with Crippen LogP contribution in [0.2, 0.25) is 0 Å². The summed E-state index contributed by atoms with van der Waals surface area (Å²) in [6.45, 7) is 3.87. The molecule has 0 saturated carbocycles. The average molecular weight is 349 g/mol. The van der Waals surface area contributed by atoms with Crippen LogP contribution in [0.15, 0.2) is 75.5 Å². The summed E-state index contributed by atoms with van der Waals surface area (Å²) >= 11 is 1.41. The van der Waals surface area contributed by atoms with E-state index in [1.165, 1.54) is 23.9 Å². The maximum atomic E-state index is 12.2. The third kappa shape index (κ3) is 5.42. The van der Waals surface area contributed by atoms with Gasteiger partial charge in [-0.05, 0) is 37.6 Å². The fourth-order valence-electron chi connectivity index (χ4n) is 1.75. The molecule has 0 spiro atoms. The van der Waals surface area contributed by atoms with Gasteiger partial charge in [-0.15, -0.1) is 4.28 Å². The Labute approximate surface area is 141 Å². The average Bonchev–Trinajstić information content (AvgIpc) is 2.54. The van der Waals surface area contributed by atoms with Gasteiger partial charge >= 0.3 is 10.1 Å². The van der Waals surface area contributed by atoms with E-state index >= 15 is 0 Å². The van der Waals surface area contributed by atoms with Crippen LogP contribution in [0.3, 0.4) is 0 Å². The first kappa shape index (κ1) is 17.6. The lowest BCUT2D eigenvalue weighted by Gasteiger charge is -2.11. The maximum absolute atomic E-state index is 12.2. The van der Waals surface area contributed by atoms with Crippen LogP contribution in [0.4, 0.5) is 0 Å². The number of nitrogens with one attached hydrogen (secondary N) is 1. The summed E-state index contributed by atoms with van der Waals surface area (Å²) in [4.78, 5) is 1.12. The van der Waals surface area contributed by atoms with E-state index in [-0.39, 0.29) is 4.90 Å². The fraction of sp³-hybridized carbons (Fsp3) is 0.176. The standard InChI is InChI=1S/C17H19NO3S2/c1-3-7-17(22-15-8-5-4-6-9-15)18-21-23(19,20)16-12-10-14(2)11-13-16/h4-13,18H,3H2,1-2H3/b17-7+. The van der Waals surface area contributed by atoms with Crippen molar-refractivity contribution in [3.63, 3.8) is 0 Å². The molecule has 0 aliphatic carbocycles. The Hall–Kier alpha value is -1.76. The molecule has 0 amide bonds. The van der Waals surface area contributed by atoms with Crippen LogP contribution in [0.1, 0.15) is 18.9 Å². The zero-order valence-electron chi connectivity index (χ0n) is 13.0. The van der Waals surface area contributed by atoms with E-state index in [1.807, 2.05) is 50.3 Å². The van der Waals surface area contributed by atoms with Crippen molar-refractivity contribution in [3.8, 4) is 0 Å². The third-order valence-corrected chi connectivity index (χ3v) is 5.05. The minimum Gasteiger partial charge on any atom is -0.243 e. The Morgan fingerprint density at radius 3 is 2.39 bits per heavy atom. The summed E-state index contributed by atoms with van der Waals surface area (Å²) in [6.07, 6.45) is 2.64. The molecule has 2 rings (SSSR count). The van der Waals surface area contributed by atoms with Gasteiger partial charge in [0.15, 0.2) is 0 Å². The van der Waals surface area contributed by atoms with Crippen LogP contribution in [0, 0.1) is 6.92 Å². The number of hydrogen-bond acceptors (Lipinski definition) is 5. The summed E-state index contributed by atoms with van der Waals surface area (Å²) < 4.78 is 29.3. The second kappa shape index (κ2) is 8.19. The highest BCUT2D eigenvalue weighted by molar-refractivity contribution is 8.03. The van der Waals surface area contributed by atoms with E-state index in [9.17, 15) is 8.42 Å². The lowest BCUT2D eigenvalue weighted by atomic mass is 10.2. The third-order valence-electron chi connectivity index (χ3n) is 2.92. The molecule has 2 aromatic rings. The maximum Gasteiger partial charge on any atom is 0.317 e. The van der Waals surface area contributed by atoms with Gasteiger partial charge in [0.1, 0.15) is 0 Å². The lowest BCUT2D eigenvalue weighted by molar-refractivity contribution is 0.245. The van der Waals surface area contributed by atoms with Gasteiger partial charge < -0.3 is 0 Å². The molecular formula is C17H19NO3S2. The topological polar surface area (TPSA) is 55.4 Å². The molecule has 23 heavy (non-hydrogen) atoms.